The number of carbonyl (C=O) groups excluding carboxylic acids is 1. The summed E-state index contributed by atoms with van der Waals surface area (Å²) in [6, 6.07) is 0. The summed E-state index contributed by atoms with van der Waals surface area (Å²) in [5.41, 5.74) is 0.620. The zero-order chi connectivity index (χ0) is 8.97. The van der Waals surface area contributed by atoms with Crippen molar-refractivity contribution in [3.8, 4) is 0 Å². The first kappa shape index (κ1) is 8.90. The Balaban J connectivity index is 2.60. The molecule has 0 amide bonds. The van der Waals surface area contributed by atoms with E-state index in [9.17, 15) is 4.79 Å². The van der Waals surface area contributed by atoms with E-state index in [0.29, 0.717) is 12.2 Å². The molecule has 0 atom stereocenters. The second-order valence-electron chi connectivity index (χ2n) is 2.57. The van der Waals surface area contributed by atoms with E-state index in [-0.39, 0.29) is 5.97 Å². The maximum absolute atomic E-state index is 11.2. The standard InChI is InChI=1S/C8H14N2O2/c1-3-12-8(11)6(2)7-9-4-5-10-7/h9-10H,3-5H2,1-2H3. The summed E-state index contributed by atoms with van der Waals surface area (Å²) in [7, 11) is 0. The van der Waals surface area contributed by atoms with Crippen LogP contribution < -0.4 is 10.6 Å². The number of hydrogen-bond acceptors (Lipinski definition) is 4. The summed E-state index contributed by atoms with van der Waals surface area (Å²) in [6.45, 7) is 5.70. The van der Waals surface area contributed by atoms with Crippen LogP contribution in [0.15, 0.2) is 11.4 Å². The summed E-state index contributed by atoms with van der Waals surface area (Å²) in [4.78, 5) is 11.2. The molecule has 4 nitrogen and oxygen atoms in total. The number of hydrogen-bond donors (Lipinski definition) is 2. The maximum atomic E-state index is 11.2. The van der Waals surface area contributed by atoms with E-state index in [2.05, 4.69) is 10.6 Å². The first-order valence-electron chi connectivity index (χ1n) is 4.11. The second-order valence-corrected chi connectivity index (χ2v) is 2.57. The lowest BCUT2D eigenvalue weighted by atomic mass is 10.3. The smallest absolute Gasteiger partial charge is 0.337 e. The molecule has 0 aromatic carbocycles. The lowest BCUT2D eigenvalue weighted by Crippen LogP contribution is -2.18. The Hall–Kier alpha value is -1.19. The molecule has 0 aromatic rings. The minimum absolute atomic E-state index is 0.255. The summed E-state index contributed by atoms with van der Waals surface area (Å²) in [5, 5.41) is 6.13. The normalized spacial score (nSPS) is 15.0. The maximum Gasteiger partial charge on any atom is 0.337 e. The molecule has 1 rings (SSSR count). The summed E-state index contributed by atoms with van der Waals surface area (Å²) in [6.07, 6.45) is 0. The van der Waals surface area contributed by atoms with Gasteiger partial charge in [-0.3, -0.25) is 0 Å². The number of ether oxygens (including phenoxy) is 1. The van der Waals surface area contributed by atoms with Crippen LogP contribution in [0.2, 0.25) is 0 Å². The lowest BCUT2D eigenvalue weighted by Gasteiger charge is -2.05. The van der Waals surface area contributed by atoms with Gasteiger partial charge in [0.25, 0.3) is 0 Å². The minimum Gasteiger partial charge on any atom is -0.463 e. The molecule has 0 bridgehead atoms. The Morgan fingerprint density at radius 2 is 2.08 bits per heavy atom. The second kappa shape index (κ2) is 3.99. The molecule has 1 aliphatic heterocycles. The molecule has 1 aliphatic rings. The number of rotatable bonds is 2. The van der Waals surface area contributed by atoms with Gasteiger partial charge in [0.1, 0.15) is 5.82 Å². The van der Waals surface area contributed by atoms with Crippen LogP contribution in [0.3, 0.4) is 0 Å². The largest absolute Gasteiger partial charge is 0.463 e. The van der Waals surface area contributed by atoms with Crippen molar-refractivity contribution in [2.45, 2.75) is 13.8 Å². The van der Waals surface area contributed by atoms with Gasteiger partial charge in [-0.1, -0.05) is 0 Å². The summed E-state index contributed by atoms with van der Waals surface area (Å²) in [5.74, 6) is 0.544. The van der Waals surface area contributed by atoms with Crippen LogP contribution in [0.1, 0.15) is 13.8 Å². The predicted octanol–water partition coefficient (Wildman–Crippen LogP) is -0.0262. The zero-order valence-corrected chi connectivity index (χ0v) is 7.44. The Labute approximate surface area is 72.0 Å². The zero-order valence-electron chi connectivity index (χ0n) is 7.44. The summed E-state index contributed by atoms with van der Waals surface area (Å²) < 4.78 is 4.84. The molecule has 1 saturated heterocycles. The highest BCUT2D eigenvalue weighted by atomic mass is 16.5. The average Bonchev–Trinajstić information content (AvgIpc) is 2.55. The van der Waals surface area contributed by atoms with Gasteiger partial charge < -0.3 is 15.4 Å². The van der Waals surface area contributed by atoms with Gasteiger partial charge in [0.15, 0.2) is 0 Å². The van der Waals surface area contributed by atoms with Gasteiger partial charge in [0, 0.05) is 13.1 Å². The third-order valence-corrected chi connectivity index (χ3v) is 1.69. The van der Waals surface area contributed by atoms with Gasteiger partial charge in [-0.15, -0.1) is 0 Å². The molecule has 68 valence electrons. The molecular formula is C8H14N2O2. The molecule has 0 unspecified atom stereocenters. The average molecular weight is 170 g/mol. The van der Waals surface area contributed by atoms with Crippen LogP contribution >= 0.6 is 0 Å². The van der Waals surface area contributed by atoms with Crippen molar-refractivity contribution < 1.29 is 9.53 Å². The monoisotopic (exact) mass is 170 g/mol. The lowest BCUT2D eigenvalue weighted by molar-refractivity contribution is -0.138. The van der Waals surface area contributed by atoms with Crippen LogP contribution in [0.4, 0.5) is 0 Å². The van der Waals surface area contributed by atoms with Crippen LogP contribution in [0.5, 0.6) is 0 Å². The highest BCUT2D eigenvalue weighted by Gasteiger charge is 2.14. The van der Waals surface area contributed by atoms with Crippen molar-refractivity contribution in [2.24, 2.45) is 0 Å². The van der Waals surface area contributed by atoms with Crippen molar-refractivity contribution >= 4 is 5.97 Å². The molecular weight excluding hydrogens is 156 g/mol. The number of carbonyl (C=O) groups is 1. The molecule has 0 aliphatic carbocycles. The third kappa shape index (κ3) is 1.90. The van der Waals surface area contributed by atoms with Crippen LogP contribution in [0, 0.1) is 0 Å². The molecule has 0 spiro atoms. The van der Waals surface area contributed by atoms with E-state index in [1.807, 2.05) is 0 Å². The van der Waals surface area contributed by atoms with Crippen molar-refractivity contribution in [1.29, 1.82) is 0 Å². The molecule has 0 aromatic heterocycles. The highest BCUT2D eigenvalue weighted by Crippen LogP contribution is 2.02. The predicted molar refractivity (Wildman–Crippen MR) is 45.3 cm³/mol. The van der Waals surface area contributed by atoms with E-state index in [1.54, 1.807) is 13.8 Å². The molecule has 1 heterocycles. The molecule has 0 radical (unpaired) electrons. The van der Waals surface area contributed by atoms with E-state index < -0.39 is 0 Å². The van der Waals surface area contributed by atoms with E-state index in [1.165, 1.54) is 0 Å². The number of nitrogens with one attached hydrogen (secondary N) is 2. The Bertz CT molecular complexity index is 203. The van der Waals surface area contributed by atoms with E-state index in [4.69, 9.17) is 4.74 Å². The van der Waals surface area contributed by atoms with Crippen molar-refractivity contribution in [3.63, 3.8) is 0 Å². The first-order chi connectivity index (χ1) is 5.75. The molecule has 0 saturated carbocycles. The van der Waals surface area contributed by atoms with Crippen molar-refractivity contribution in [1.82, 2.24) is 10.6 Å². The Morgan fingerprint density at radius 1 is 1.50 bits per heavy atom. The van der Waals surface area contributed by atoms with Gasteiger partial charge >= 0.3 is 5.97 Å². The molecule has 2 N–H and O–H groups in total. The molecule has 12 heavy (non-hydrogen) atoms. The van der Waals surface area contributed by atoms with Gasteiger partial charge in [0.05, 0.1) is 12.2 Å². The number of esters is 1. The van der Waals surface area contributed by atoms with E-state index >= 15 is 0 Å². The fourth-order valence-electron chi connectivity index (χ4n) is 1.04. The Kier molecular flexibility index (Phi) is 2.96. The van der Waals surface area contributed by atoms with Gasteiger partial charge in [-0.05, 0) is 13.8 Å². The quantitative estimate of drug-likeness (QED) is 0.451. The third-order valence-electron chi connectivity index (χ3n) is 1.69. The van der Waals surface area contributed by atoms with Crippen LogP contribution in [0.25, 0.3) is 0 Å². The minimum atomic E-state index is -0.255. The summed E-state index contributed by atoms with van der Waals surface area (Å²) >= 11 is 0. The first-order valence-corrected chi connectivity index (χ1v) is 4.11. The van der Waals surface area contributed by atoms with Gasteiger partial charge in [-0.25, -0.2) is 4.79 Å². The van der Waals surface area contributed by atoms with Gasteiger partial charge in [0.2, 0.25) is 0 Å². The van der Waals surface area contributed by atoms with Crippen LogP contribution in [-0.2, 0) is 9.53 Å². The molecule has 1 fully saturated rings. The van der Waals surface area contributed by atoms with Crippen molar-refractivity contribution in [2.75, 3.05) is 19.7 Å². The highest BCUT2D eigenvalue weighted by molar-refractivity contribution is 5.88. The fraction of sp³-hybridized carbons (Fsp3) is 0.625. The van der Waals surface area contributed by atoms with Gasteiger partial charge in [-0.2, -0.15) is 0 Å². The molecule has 4 heteroatoms. The fourth-order valence-corrected chi connectivity index (χ4v) is 1.04. The SMILES string of the molecule is CCOC(=O)C(C)=C1NCCN1. The Morgan fingerprint density at radius 3 is 2.58 bits per heavy atom. The van der Waals surface area contributed by atoms with Crippen molar-refractivity contribution in [3.05, 3.63) is 11.4 Å². The topological polar surface area (TPSA) is 50.4 Å². The van der Waals surface area contributed by atoms with Crippen LogP contribution in [-0.4, -0.2) is 25.7 Å². The van der Waals surface area contributed by atoms with E-state index in [0.717, 1.165) is 18.9 Å².